The number of aryl methyl sites for hydroxylation is 2. The molecule has 1 saturated heterocycles. The van der Waals surface area contributed by atoms with Crippen molar-refractivity contribution < 1.29 is 4.74 Å². The Hall–Kier alpha value is -1.95. The Labute approximate surface area is 124 Å². The number of tetrazole rings is 1. The Kier molecular flexibility index (Phi) is 4.15. The molecule has 2 heterocycles. The molecular formula is C15H21N5O. The summed E-state index contributed by atoms with van der Waals surface area (Å²) < 4.78 is 7.60. The van der Waals surface area contributed by atoms with Crippen molar-refractivity contribution >= 4 is 5.69 Å². The van der Waals surface area contributed by atoms with Crippen LogP contribution in [0.15, 0.2) is 18.2 Å². The van der Waals surface area contributed by atoms with Crippen LogP contribution in [0.1, 0.15) is 31.2 Å². The molecule has 0 bridgehead atoms. The lowest BCUT2D eigenvalue weighted by Crippen LogP contribution is -2.21. The van der Waals surface area contributed by atoms with E-state index < -0.39 is 0 Å². The van der Waals surface area contributed by atoms with Gasteiger partial charge < -0.3 is 10.5 Å². The van der Waals surface area contributed by atoms with Gasteiger partial charge in [-0.2, -0.15) is 0 Å². The van der Waals surface area contributed by atoms with Gasteiger partial charge in [0.15, 0.2) is 5.82 Å². The molecular weight excluding hydrogens is 266 g/mol. The van der Waals surface area contributed by atoms with Gasteiger partial charge in [0.2, 0.25) is 0 Å². The van der Waals surface area contributed by atoms with Crippen molar-refractivity contribution in [3.63, 3.8) is 0 Å². The number of ether oxygens (including phenoxy) is 1. The topological polar surface area (TPSA) is 78.9 Å². The lowest BCUT2D eigenvalue weighted by atomic mass is 10.1. The molecule has 2 N–H and O–H groups in total. The van der Waals surface area contributed by atoms with E-state index in [4.69, 9.17) is 10.5 Å². The Bertz CT molecular complexity index is 584. The molecule has 1 aliphatic heterocycles. The second kappa shape index (κ2) is 6.22. The summed E-state index contributed by atoms with van der Waals surface area (Å²) in [4.78, 5) is 0. The molecule has 1 aromatic carbocycles. The number of aromatic nitrogens is 4. The van der Waals surface area contributed by atoms with Crippen molar-refractivity contribution in [1.29, 1.82) is 0 Å². The van der Waals surface area contributed by atoms with Crippen LogP contribution >= 0.6 is 0 Å². The Morgan fingerprint density at radius 2 is 2.24 bits per heavy atom. The summed E-state index contributed by atoms with van der Waals surface area (Å²) in [6.07, 6.45) is 4.84. The summed E-state index contributed by atoms with van der Waals surface area (Å²) in [7, 11) is 0. The minimum absolute atomic E-state index is 0.332. The molecule has 1 aliphatic rings. The quantitative estimate of drug-likeness (QED) is 0.872. The van der Waals surface area contributed by atoms with Gasteiger partial charge in [0.1, 0.15) is 0 Å². The van der Waals surface area contributed by atoms with Crippen LogP contribution in [0.3, 0.4) is 0 Å². The monoisotopic (exact) mass is 287 g/mol. The van der Waals surface area contributed by atoms with Crippen LogP contribution in [0.2, 0.25) is 0 Å². The number of hydrogen-bond acceptors (Lipinski definition) is 5. The molecule has 1 atom stereocenters. The molecule has 0 amide bonds. The van der Waals surface area contributed by atoms with E-state index >= 15 is 0 Å². The van der Waals surface area contributed by atoms with Crippen molar-refractivity contribution in [3.05, 3.63) is 23.8 Å². The van der Waals surface area contributed by atoms with E-state index in [1.807, 2.05) is 23.7 Å². The zero-order chi connectivity index (χ0) is 14.7. The van der Waals surface area contributed by atoms with E-state index in [-0.39, 0.29) is 0 Å². The van der Waals surface area contributed by atoms with Crippen LogP contribution in [-0.4, -0.2) is 32.9 Å². The molecule has 6 nitrogen and oxygen atoms in total. The van der Waals surface area contributed by atoms with E-state index in [1.54, 1.807) is 0 Å². The third kappa shape index (κ3) is 3.39. The third-order valence-electron chi connectivity index (χ3n) is 3.83. The van der Waals surface area contributed by atoms with Crippen LogP contribution in [-0.2, 0) is 11.3 Å². The summed E-state index contributed by atoms with van der Waals surface area (Å²) in [6, 6.07) is 5.90. The summed E-state index contributed by atoms with van der Waals surface area (Å²) in [5.41, 5.74) is 8.71. The van der Waals surface area contributed by atoms with Gasteiger partial charge in [0, 0.05) is 24.4 Å². The summed E-state index contributed by atoms with van der Waals surface area (Å²) in [5, 5.41) is 12.0. The maximum atomic E-state index is 5.91. The van der Waals surface area contributed by atoms with Gasteiger partial charge in [0.25, 0.3) is 0 Å². The van der Waals surface area contributed by atoms with Gasteiger partial charge in [-0.3, -0.25) is 0 Å². The fourth-order valence-electron chi connectivity index (χ4n) is 2.81. The predicted octanol–water partition coefficient (Wildman–Crippen LogP) is 2.19. The van der Waals surface area contributed by atoms with Gasteiger partial charge >= 0.3 is 0 Å². The van der Waals surface area contributed by atoms with Crippen LogP contribution in [0.5, 0.6) is 0 Å². The van der Waals surface area contributed by atoms with E-state index in [2.05, 4.69) is 21.6 Å². The standard InChI is InChI=1S/C15H21N5O/c1-11-8-12(10-13(16)9-11)15-17-18-19-20(15)6-5-14-4-2-3-7-21-14/h8-10,14H,2-7,16H2,1H3. The Morgan fingerprint density at radius 3 is 3.00 bits per heavy atom. The van der Waals surface area contributed by atoms with Gasteiger partial charge in [-0.15, -0.1) is 5.10 Å². The lowest BCUT2D eigenvalue weighted by Gasteiger charge is -2.22. The molecule has 21 heavy (non-hydrogen) atoms. The Balaban J connectivity index is 1.74. The predicted molar refractivity (Wildman–Crippen MR) is 80.6 cm³/mol. The van der Waals surface area contributed by atoms with E-state index in [0.29, 0.717) is 6.10 Å². The van der Waals surface area contributed by atoms with Gasteiger partial charge in [-0.25, -0.2) is 4.68 Å². The minimum Gasteiger partial charge on any atom is -0.399 e. The highest BCUT2D eigenvalue weighted by atomic mass is 16.5. The zero-order valence-electron chi connectivity index (χ0n) is 12.3. The number of hydrogen-bond donors (Lipinski definition) is 1. The molecule has 0 aliphatic carbocycles. The summed E-state index contributed by atoms with van der Waals surface area (Å²) in [6.45, 7) is 3.66. The van der Waals surface area contributed by atoms with E-state index in [0.717, 1.165) is 48.6 Å². The maximum Gasteiger partial charge on any atom is 0.182 e. The number of rotatable bonds is 4. The number of nitrogens with two attached hydrogens (primary N) is 1. The first-order valence-electron chi connectivity index (χ1n) is 7.48. The molecule has 6 heteroatoms. The smallest absolute Gasteiger partial charge is 0.182 e. The highest BCUT2D eigenvalue weighted by molar-refractivity contribution is 5.62. The fraction of sp³-hybridized carbons (Fsp3) is 0.533. The van der Waals surface area contributed by atoms with Crippen LogP contribution in [0.4, 0.5) is 5.69 Å². The largest absolute Gasteiger partial charge is 0.399 e. The van der Waals surface area contributed by atoms with Crippen molar-refractivity contribution in [2.45, 2.75) is 45.3 Å². The highest BCUT2D eigenvalue weighted by Gasteiger charge is 2.16. The maximum absolute atomic E-state index is 5.91. The van der Waals surface area contributed by atoms with Crippen molar-refractivity contribution in [2.75, 3.05) is 12.3 Å². The number of nitrogen functional groups attached to an aromatic ring is 1. The third-order valence-corrected chi connectivity index (χ3v) is 3.83. The molecule has 1 aromatic heterocycles. The number of benzene rings is 1. The molecule has 1 unspecified atom stereocenters. The van der Waals surface area contributed by atoms with Crippen molar-refractivity contribution in [2.24, 2.45) is 0 Å². The number of nitrogens with zero attached hydrogens (tertiary/aromatic N) is 4. The average Bonchev–Trinajstić information content (AvgIpc) is 2.93. The lowest BCUT2D eigenvalue weighted by molar-refractivity contribution is 0.00828. The first-order valence-corrected chi connectivity index (χ1v) is 7.48. The van der Waals surface area contributed by atoms with Crippen LogP contribution in [0.25, 0.3) is 11.4 Å². The molecule has 0 radical (unpaired) electrons. The van der Waals surface area contributed by atoms with E-state index in [9.17, 15) is 0 Å². The highest BCUT2D eigenvalue weighted by Crippen LogP contribution is 2.22. The fourth-order valence-corrected chi connectivity index (χ4v) is 2.81. The zero-order valence-corrected chi connectivity index (χ0v) is 12.3. The summed E-state index contributed by atoms with van der Waals surface area (Å²) in [5.74, 6) is 0.765. The van der Waals surface area contributed by atoms with Gasteiger partial charge in [-0.1, -0.05) is 0 Å². The first-order chi connectivity index (χ1) is 10.2. The van der Waals surface area contributed by atoms with Gasteiger partial charge in [-0.05, 0) is 66.8 Å². The normalized spacial score (nSPS) is 18.8. The summed E-state index contributed by atoms with van der Waals surface area (Å²) >= 11 is 0. The van der Waals surface area contributed by atoms with Crippen molar-refractivity contribution in [1.82, 2.24) is 20.2 Å². The van der Waals surface area contributed by atoms with E-state index in [1.165, 1.54) is 12.8 Å². The molecule has 2 aromatic rings. The SMILES string of the molecule is Cc1cc(N)cc(-c2nnnn2CCC2CCCCO2)c1. The molecule has 3 rings (SSSR count). The van der Waals surface area contributed by atoms with Crippen LogP contribution in [0, 0.1) is 6.92 Å². The molecule has 0 saturated carbocycles. The molecule has 1 fully saturated rings. The minimum atomic E-state index is 0.332. The number of anilines is 1. The first kappa shape index (κ1) is 14.0. The van der Waals surface area contributed by atoms with Gasteiger partial charge in [0.05, 0.1) is 6.10 Å². The molecule has 112 valence electrons. The van der Waals surface area contributed by atoms with Crippen LogP contribution < -0.4 is 5.73 Å². The molecule has 0 spiro atoms. The van der Waals surface area contributed by atoms with Crippen molar-refractivity contribution in [3.8, 4) is 11.4 Å². The average molecular weight is 287 g/mol. The second-order valence-electron chi connectivity index (χ2n) is 5.64. The second-order valence-corrected chi connectivity index (χ2v) is 5.64. The Morgan fingerprint density at radius 1 is 1.33 bits per heavy atom.